The predicted molar refractivity (Wildman–Crippen MR) is 58.2 cm³/mol. The summed E-state index contributed by atoms with van der Waals surface area (Å²) in [6, 6.07) is 4.06. The smallest absolute Gasteiger partial charge is 0.175 e. The first-order chi connectivity index (χ1) is 6.62. The van der Waals surface area contributed by atoms with Crippen LogP contribution in [0.25, 0.3) is 0 Å². The molecule has 0 atom stereocenters. The molecule has 2 nitrogen and oxygen atoms in total. The molecular formula is C11H15FO2S. The van der Waals surface area contributed by atoms with E-state index in [4.69, 9.17) is 0 Å². The zero-order valence-electron chi connectivity index (χ0n) is 9.33. The van der Waals surface area contributed by atoms with E-state index < -0.39 is 15.7 Å². The first kappa shape index (κ1) is 12.2. The molecular weight excluding hydrogens is 215 g/mol. The summed E-state index contributed by atoms with van der Waals surface area (Å²) in [6.07, 6.45) is 1.07. The Morgan fingerprint density at radius 1 is 1.20 bits per heavy atom. The summed E-state index contributed by atoms with van der Waals surface area (Å²) in [5, 5.41) is 0. The molecule has 0 heterocycles. The molecule has 0 bridgehead atoms. The van der Waals surface area contributed by atoms with Crippen LogP contribution >= 0.6 is 0 Å². The Morgan fingerprint density at radius 3 is 2.07 bits per heavy atom. The first-order valence-electron chi connectivity index (χ1n) is 4.62. The standard InChI is InChI=1S/C11H15FO2S/c1-11(2,3)9-6-5-8(7-10(9)12)15(4,13)14/h5-7H,1-4H3. The van der Waals surface area contributed by atoms with Gasteiger partial charge in [-0.25, -0.2) is 12.8 Å². The van der Waals surface area contributed by atoms with Crippen molar-refractivity contribution in [3.8, 4) is 0 Å². The van der Waals surface area contributed by atoms with Gasteiger partial charge in [0.2, 0.25) is 0 Å². The van der Waals surface area contributed by atoms with Crippen LogP contribution in [0.15, 0.2) is 23.1 Å². The normalized spacial score (nSPS) is 12.9. The van der Waals surface area contributed by atoms with Gasteiger partial charge >= 0.3 is 0 Å². The molecule has 0 fully saturated rings. The Morgan fingerprint density at radius 2 is 1.73 bits per heavy atom. The Kier molecular flexibility index (Phi) is 2.92. The molecule has 1 aromatic carbocycles. The maximum atomic E-state index is 13.6. The Balaban J connectivity index is 3.34. The molecule has 0 aromatic heterocycles. The van der Waals surface area contributed by atoms with Gasteiger partial charge in [-0.3, -0.25) is 0 Å². The van der Waals surface area contributed by atoms with Gasteiger partial charge in [0, 0.05) is 6.26 Å². The van der Waals surface area contributed by atoms with Crippen LogP contribution in [0.2, 0.25) is 0 Å². The van der Waals surface area contributed by atoms with Crippen LogP contribution in [0, 0.1) is 5.82 Å². The largest absolute Gasteiger partial charge is 0.224 e. The lowest BCUT2D eigenvalue weighted by Crippen LogP contribution is -2.14. The molecule has 0 aliphatic heterocycles. The summed E-state index contributed by atoms with van der Waals surface area (Å²) in [5.74, 6) is -0.467. The molecule has 0 saturated heterocycles. The minimum absolute atomic E-state index is 0.0213. The van der Waals surface area contributed by atoms with Gasteiger partial charge in [0.05, 0.1) is 4.90 Å². The lowest BCUT2D eigenvalue weighted by molar-refractivity contribution is 0.519. The second-order valence-electron chi connectivity index (χ2n) is 4.66. The number of hydrogen-bond donors (Lipinski definition) is 0. The molecule has 0 radical (unpaired) electrons. The van der Waals surface area contributed by atoms with Crippen LogP contribution in [-0.4, -0.2) is 14.7 Å². The highest BCUT2D eigenvalue weighted by atomic mass is 32.2. The van der Waals surface area contributed by atoms with E-state index >= 15 is 0 Å². The monoisotopic (exact) mass is 230 g/mol. The van der Waals surface area contributed by atoms with Crippen LogP contribution in [0.1, 0.15) is 26.3 Å². The van der Waals surface area contributed by atoms with Gasteiger partial charge in [-0.05, 0) is 23.1 Å². The van der Waals surface area contributed by atoms with Crippen molar-refractivity contribution in [2.75, 3.05) is 6.26 Å². The quantitative estimate of drug-likeness (QED) is 0.743. The van der Waals surface area contributed by atoms with Crippen molar-refractivity contribution in [2.45, 2.75) is 31.1 Å². The van der Waals surface area contributed by atoms with E-state index in [-0.39, 0.29) is 10.3 Å². The van der Waals surface area contributed by atoms with E-state index in [1.54, 1.807) is 0 Å². The van der Waals surface area contributed by atoms with Gasteiger partial charge in [-0.15, -0.1) is 0 Å². The highest BCUT2D eigenvalue weighted by molar-refractivity contribution is 7.90. The lowest BCUT2D eigenvalue weighted by atomic mass is 9.87. The fourth-order valence-electron chi connectivity index (χ4n) is 1.33. The van der Waals surface area contributed by atoms with E-state index in [0.717, 1.165) is 12.3 Å². The minimum Gasteiger partial charge on any atom is -0.224 e. The summed E-state index contributed by atoms with van der Waals surface area (Å²) >= 11 is 0. The summed E-state index contributed by atoms with van der Waals surface area (Å²) in [6.45, 7) is 5.64. The van der Waals surface area contributed by atoms with Gasteiger partial charge < -0.3 is 0 Å². The summed E-state index contributed by atoms with van der Waals surface area (Å²) in [7, 11) is -3.33. The maximum Gasteiger partial charge on any atom is 0.175 e. The molecule has 0 unspecified atom stereocenters. The highest BCUT2D eigenvalue weighted by Crippen LogP contribution is 2.26. The maximum absolute atomic E-state index is 13.6. The number of rotatable bonds is 1. The van der Waals surface area contributed by atoms with Crippen molar-refractivity contribution in [3.05, 3.63) is 29.6 Å². The van der Waals surface area contributed by atoms with E-state index in [1.165, 1.54) is 12.1 Å². The van der Waals surface area contributed by atoms with Crippen LogP contribution < -0.4 is 0 Å². The zero-order valence-corrected chi connectivity index (χ0v) is 10.2. The van der Waals surface area contributed by atoms with Crippen LogP contribution in [0.3, 0.4) is 0 Å². The molecule has 0 aliphatic carbocycles. The molecule has 0 N–H and O–H groups in total. The molecule has 4 heteroatoms. The average molecular weight is 230 g/mol. The third-order valence-electron chi connectivity index (χ3n) is 2.18. The van der Waals surface area contributed by atoms with Gasteiger partial charge in [-0.1, -0.05) is 26.8 Å². The Labute approximate surface area is 90.0 Å². The van der Waals surface area contributed by atoms with E-state index in [9.17, 15) is 12.8 Å². The minimum atomic E-state index is -3.33. The topological polar surface area (TPSA) is 34.1 Å². The second-order valence-corrected chi connectivity index (χ2v) is 6.68. The fraction of sp³-hybridized carbons (Fsp3) is 0.455. The highest BCUT2D eigenvalue weighted by Gasteiger charge is 2.20. The van der Waals surface area contributed by atoms with Crippen molar-refractivity contribution in [1.82, 2.24) is 0 Å². The fourth-order valence-corrected chi connectivity index (χ4v) is 1.97. The second kappa shape index (κ2) is 3.59. The Bertz CT molecular complexity index is 470. The molecule has 15 heavy (non-hydrogen) atoms. The number of halogens is 1. The number of hydrogen-bond acceptors (Lipinski definition) is 2. The Hall–Kier alpha value is -0.900. The zero-order chi connectivity index (χ0) is 11.9. The van der Waals surface area contributed by atoms with Crippen molar-refractivity contribution < 1.29 is 12.8 Å². The molecule has 0 spiro atoms. The third kappa shape index (κ3) is 2.78. The first-order valence-corrected chi connectivity index (χ1v) is 6.51. The van der Waals surface area contributed by atoms with Crippen LogP contribution in [-0.2, 0) is 15.3 Å². The van der Waals surface area contributed by atoms with E-state index in [0.29, 0.717) is 5.56 Å². The summed E-state index contributed by atoms with van der Waals surface area (Å²) in [4.78, 5) is 0.0213. The summed E-state index contributed by atoms with van der Waals surface area (Å²) < 4.78 is 36.0. The third-order valence-corrected chi connectivity index (χ3v) is 3.29. The van der Waals surface area contributed by atoms with Crippen LogP contribution in [0.4, 0.5) is 4.39 Å². The van der Waals surface area contributed by atoms with Gasteiger partial charge in [0.25, 0.3) is 0 Å². The van der Waals surface area contributed by atoms with Crippen LogP contribution in [0.5, 0.6) is 0 Å². The van der Waals surface area contributed by atoms with Gasteiger partial charge in [0.1, 0.15) is 5.82 Å². The lowest BCUT2D eigenvalue weighted by Gasteiger charge is -2.19. The van der Waals surface area contributed by atoms with Crippen molar-refractivity contribution >= 4 is 9.84 Å². The molecule has 1 aromatic rings. The SMILES string of the molecule is CC(C)(C)c1ccc(S(C)(=O)=O)cc1F. The van der Waals surface area contributed by atoms with E-state index in [2.05, 4.69) is 0 Å². The number of benzene rings is 1. The van der Waals surface area contributed by atoms with Crippen molar-refractivity contribution in [1.29, 1.82) is 0 Å². The molecule has 0 aliphatic rings. The van der Waals surface area contributed by atoms with Crippen molar-refractivity contribution in [2.24, 2.45) is 0 Å². The van der Waals surface area contributed by atoms with E-state index in [1.807, 2.05) is 20.8 Å². The predicted octanol–water partition coefficient (Wildman–Crippen LogP) is 2.53. The molecule has 84 valence electrons. The summed E-state index contributed by atoms with van der Waals surface area (Å²) in [5.41, 5.74) is 0.204. The van der Waals surface area contributed by atoms with Crippen molar-refractivity contribution in [3.63, 3.8) is 0 Å². The number of sulfone groups is 1. The average Bonchev–Trinajstić information content (AvgIpc) is 1.99. The van der Waals surface area contributed by atoms with Gasteiger partial charge in [0.15, 0.2) is 9.84 Å². The molecule has 0 saturated carbocycles. The van der Waals surface area contributed by atoms with Gasteiger partial charge in [-0.2, -0.15) is 0 Å². The molecule has 1 rings (SSSR count). The molecule has 0 amide bonds.